The largest absolute Gasteiger partial charge is 0.444 e. The predicted molar refractivity (Wildman–Crippen MR) is 51.9 cm³/mol. The smallest absolute Gasteiger partial charge is 0.417 e. The molecule has 0 N–H and O–H groups in total. The van der Waals surface area contributed by atoms with Gasteiger partial charge >= 0.3 is 12.4 Å². The highest BCUT2D eigenvalue weighted by molar-refractivity contribution is 5.59. The number of halogens is 6. The second-order valence-corrected chi connectivity index (χ2v) is 3.62. The van der Waals surface area contributed by atoms with Crippen molar-refractivity contribution in [2.24, 2.45) is 0 Å². The molecule has 0 bridgehead atoms. The van der Waals surface area contributed by atoms with Crippen molar-refractivity contribution in [1.29, 1.82) is 0 Å². The summed E-state index contributed by atoms with van der Waals surface area (Å²) >= 11 is 0. The molecule has 2 nitrogen and oxygen atoms in total. The summed E-state index contributed by atoms with van der Waals surface area (Å²) in [6.07, 6.45) is -8.10. The Labute approximate surface area is 102 Å². The van der Waals surface area contributed by atoms with Crippen LogP contribution in [-0.4, -0.2) is 4.98 Å². The SMILES string of the molecule is FC(F)(F)c1ccc(-c2cnco2)cc1C(F)(F)F. The van der Waals surface area contributed by atoms with Crippen LogP contribution in [0.4, 0.5) is 26.3 Å². The number of benzene rings is 1. The molecule has 0 saturated heterocycles. The van der Waals surface area contributed by atoms with Gasteiger partial charge in [0.05, 0.1) is 17.3 Å². The van der Waals surface area contributed by atoms with Gasteiger partial charge in [0, 0.05) is 5.56 Å². The molecule has 0 radical (unpaired) electrons. The third kappa shape index (κ3) is 2.72. The van der Waals surface area contributed by atoms with Gasteiger partial charge in [-0.05, 0) is 12.1 Å². The topological polar surface area (TPSA) is 26.0 Å². The first-order valence-corrected chi connectivity index (χ1v) is 4.87. The summed E-state index contributed by atoms with van der Waals surface area (Å²) in [5, 5.41) is 0. The minimum Gasteiger partial charge on any atom is -0.444 e. The Morgan fingerprint density at radius 1 is 0.895 bits per heavy atom. The lowest BCUT2D eigenvalue weighted by atomic mass is 10.0. The van der Waals surface area contributed by atoms with Crippen molar-refractivity contribution < 1.29 is 30.8 Å². The number of alkyl halides is 6. The first kappa shape index (κ1) is 13.4. The van der Waals surface area contributed by atoms with Crippen LogP contribution in [0.5, 0.6) is 0 Å². The quantitative estimate of drug-likeness (QED) is 0.725. The highest BCUT2D eigenvalue weighted by Gasteiger charge is 2.43. The summed E-state index contributed by atoms with van der Waals surface area (Å²) in [7, 11) is 0. The second kappa shape index (κ2) is 4.29. The molecule has 0 spiro atoms. The minimum absolute atomic E-state index is 0.0424. The maximum atomic E-state index is 12.7. The molecule has 0 aliphatic heterocycles. The van der Waals surface area contributed by atoms with E-state index in [4.69, 9.17) is 4.42 Å². The van der Waals surface area contributed by atoms with Crippen LogP contribution in [-0.2, 0) is 12.4 Å². The molecule has 8 heteroatoms. The zero-order valence-electron chi connectivity index (χ0n) is 9.01. The van der Waals surface area contributed by atoms with Crippen LogP contribution in [0.3, 0.4) is 0 Å². The van der Waals surface area contributed by atoms with E-state index in [9.17, 15) is 26.3 Å². The van der Waals surface area contributed by atoms with E-state index in [0.29, 0.717) is 12.1 Å². The number of hydrogen-bond donors (Lipinski definition) is 0. The molecular formula is C11H5F6NO. The molecule has 1 aromatic heterocycles. The van der Waals surface area contributed by atoms with Crippen molar-refractivity contribution in [3.63, 3.8) is 0 Å². The van der Waals surface area contributed by atoms with Gasteiger partial charge in [0.2, 0.25) is 0 Å². The van der Waals surface area contributed by atoms with Crippen molar-refractivity contribution in [2.45, 2.75) is 12.4 Å². The average molecular weight is 281 g/mol. The molecule has 19 heavy (non-hydrogen) atoms. The van der Waals surface area contributed by atoms with E-state index in [-0.39, 0.29) is 11.3 Å². The fourth-order valence-electron chi connectivity index (χ4n) is 1.54. The molecule has 2 aromatic rings. The van der Waals surface area contributed by atoms with Crippen LogP contribution in [0.1, 0.15) is 11.1 Å². The third-order valence-corrected chi connectivity index (χ3v) is 2.35. The predicted octanol–water partition coefficient (Wildman–Crippen LogP) is 4.38. The molecular weight excluding hydrogens is 276 g/mol. The van der Waals surface area contributed by atoms with Crippen LogP contribution in [0.15, 0.2) is 35.2 Å². The average Bonchev–Trinajstić information content (AvgIpc) is 2.79. The lowest BCUT2D eigenvalue weighted by Crippen LogP contribution is -2.16. The molecule has 102 valence electrons. The van der Waals surface area contributed by atoms with Gasteiger partial charge in [0.25, 0.3) is 0 Å². The highest BCUT2D eigenvalue weighted by Crippen LogP contribution is 2.41. The Hall–Kier alpha value is -1.99. The van der Waals surface area contributed by atoms with Crippen LogP contribution < -0.4 is 0 Å². The van der Waals surface area contributed by atoms with Crippen molar-refractivity contribution >= 4 is 0 Å². The lowest BCUT2D eigenvalue weighted by molar-refractivity contribution is -0.162. The third-order valence-electron chi connectivity index (χ3n) is 2.35. The van der Waals surface area contributed by atoms with Gasteiger partial charge in [-0.3, -0.25) is 0 Å². The fraction of sp³-hybridized carbons (Fsp3) is 0.182. The van der Waals surface area contributed by atoms with E-state index in [1.807, 2.05) is 0 Å². The first-order valence-electron chi connectivity index (χ1n) is 4.87. The van der Waals surface area contributed by atoms with Gasteiger partial charge < -0.3 is 4.42 Å². The summed E-state index contributed by atoms with van der Waals surface area (Å²) in [5.41, 5.74) is -3.62. The number of aromatic nitrogens is 1. The number of nitrogens with zero attached hydrogens (tertiary/aromatic N) is 1. The monoisotopic (exact) mass is 281 g/mol. The summed E-state index contributed by atoms with van der Waals surface area (Å²) < 4.78 is 80.3. The molecule has 1 heterocycles. The minimum atomic E-state index is -5.11. The molecule has 0 aliphatic carbocycles. The van der Waals surface area contributed by atoms with Gasteiger partial charge in [-0.2, -0.15) is 26.3 Å². The Morgan fingerprint density at radius 3 is 2.00 bits per heavy atom. The van der Waals surface area contributed by atoms with Gasteiger partial charge in [0.1, 0.15) is 0 Å². The maximum absolute atomic E-state index is 12.7. The lowest BCUT2D eigenvalue weighted by Gasteiger charge is -2.16. The van der Waals surface area contributed by atoms with E-state index in [1.165, 1.54) is 0 Å². The zero-order chi connectivity index (χ0) is 14.3. The Bertz CT molecular complexity index is 570. The van der Waals surface area contributed by atoms with Crippen molar-refractivity contribution in [2.75, 3.05) is 0 Å². The van der Waals surface area contributed by atoms with Gasteiger partial charge in [-0.1, -0.05) is 6.07 Å². The summed E-state index contributed by atoms with van der Waals surface area (Å²) in [6.45, 7) is 0. The second-order valence-electron chi connectivity index (χ2n) is 3.62. The maximum Gasteiger partial charge on any atom is 0.417 e. The number of hydrogen-bond acceptors (Lipinski definition) is 2. The van der Waals surface area contributed by atoms with Crippen LogP contribution in [0.2, 0.25) is 0 Å². The molecule has 0 aliphatic rings. The summed E-state index contributed by atoms with van der Waals surface area (Å²) in [6, 6.07) is 1.67. The van der Waals surface area contributed by atoms with Gasteiger partial charge in [-0.25, -0.2) is 4.98 Å². The van der Waals surface area contributed by atoms with E-state index < -0.39 is 23.5 Å². The zero-order valence-corrected chi connectivity index (χ0v) is 9.01. The van der Waals surface area contributed by atoms with Crippen molar-refractivity contribution in [3.05, 3.63) is 41.9 Å². The van der Waals surface area contributed by atoms with E-state index >= 15 is 0 Å². The molecule has 0 atom stereocenters. The highest BCUT2D eigenvalue weighted by atomic mass is 19.4. The molecule has 0 saturated carbocycles. The molecule has 0 fully saturated rings. The van der Waals surface area contributed by atoms with E-state index in [2.05, 4.69) is 4.98 Å². The van der Waals surface area contributed by atoms with Crippen LogP contribution in [0, 0.1) is 0 Å². The standard InChI is InChI=1S/C11H5F6NO/c12-10(13,14)7-2-1-6(9-4-18-5-19-9)3-8(7)11(15,16)17/h1-5H. The van der Waals surface area contributed by atoms with Gasteiger partial charge in [0.15, 0.2) is 12.2 Å². The fourth-order valence-corrected chi connectivity index (χ4v) is 1.54. The molecule has 2 rings (SSSR count). The van der Waals surface area contributed by atoms with Crippen LogP contribution >= 0.6 is 0 Å². The number of oxazole rings is 1. The summed E-state index contributed by atoms with van der Waals surface area (Å²) in [5.74, 6) is -0.0424. The van der Waals surface area contributed by atoms with Crippen molar-refractivity contribution in [1.82, 2.24) is 4.98 Å². The molecule has 0 amide bonds. The van der Waals surface area contributed by atoms with Crippen LogP contribution in [0.25, 0.3) is 11.3 Å². The van der Waals surface area contributed by atoms with E-state index in [0.717, 1.165) is 18.7 Å². The Morgan fingerprint density at radius 2 is 1.53 bits per heavy atom. The molecule has 0 unspecified atom stereocenters. The van der Waals surface area contributed by atoms with Crippen molar-refractivity contribution in [3.8, 4) is 11.3 Å². The summed E-state index contributed by atoms with van der Waals surface area (Å²) in [4.78, 5) is 3.49. The normalized spacial score (nSPS) is 12.7. The first-order chi connectivity index (χ1) is 8.69. The van der Waals surface area contributed by atoms with E-state index in [1.54, 1.807) is 0 Å². The molecule has 1 aromatic carbocycles. The Kier molecular flexibility index (Phi) is 3.03. The van der Waals surface area contributed by atoms with Gasteiger partial charge in [-0.15, -0.1) is 0 Å². The Balaban J connectivity index is 2.61. The number of rotatable bonds is 1.